The first kappa shape index (κ1) is 8.70. The van der Waals surface area contributed by atoms with E-state index < -0.39 is 17.8 Å². The number of hydrogen-bond acceptors (Lipinski definition) is 3. The maximum atomic E-state index is 11.2. The lowest BCUT2D eigenvalue weighted by Crippen LogP contribution is -2.53. The highest BCUT2D eigenvalue weighted by atomic mass is 16.2. The van der Waals surface area contributed by atoms with E-state index >= 15 is 0 Å². The Balaban J connectivity index is 2.86. The van der Waals surface area contributed by atoms with Crippen molar-refractivity contribution in [2.24, 2.45) is 0 Å². The number of urea groups is 1. The lowest BCUT2D eigenvalue weighted by Gasteiger charge is -2.29. The second-order valence-corrected chi connectivity index (χ2v) is 2.55. The van der Waals surface area contributed by atoms with Gasteiger partial charge in [0.05, 0.1) is 0 Å². The first-order valence-electron chi connectivity index (χ1n) is 3.68. The second-order valence-electron chi connectivity index (χ2n) is 2.55. The van der Waals surface area contributed by atoms with E-state index in [4.69, 9.17) is 0 Å². The molecule has 0 saturated carbocycles. The lowest BCUT2D eigenvalue weighted by molar-refractivity contribution is -0.141. The molecule has 1 aliphatic rings. The van der Waals surface area contributed by atoms with E-state index in [1.54, 1.807) is 6.92 Å². The zero-order valence-electron chi connectivity index (χ0n) is 7.03. The predicted octanol–water partition coefficient (Wildman–Crippen LogP) is -0.183. The topological polar surface area (TPSA) is 57.7 Å². The number of barbiturate groups is 1. The van der Waals surface area contributed by atoms with Crippen molar-refractivity contribution in [1.29, 1.82) is 0 Å². The van der Waals surface area contributed by atoms with Crippen LogP contribution in [0.4, 0.5) is 4.79 Å². The summed E-state index contributed by atoms with van der Waals surface area (Å²) in [5.41, 5.74) is 0. The van der Waals surface area contributed by atoms with E-state index in [0.29, 0.717) is 6.54 Å². The number of carbonyl (C=O) groups is 3. The molecule has 0 unspecified atom stereocenters. The average Bonchev–Trinajstić information content (AvgIpc) is 2.01. The van der Waals surface area contributed by atoms with Crippen molar-refractivity contribution in [3.8, 4) is 0 Å². The van der Waals surface area contributed by atoms with Crippen molar-refractivity contribution < 1.29 is 14.4 Å². The molecule has 1 aliphatic heterocycles. The monoisotopic (exact) mass is 170 g/mol. The molecule has 1 heterocycles. The van der Waals surface area contributed by atoms with Crippen LogP contribution in [-0.4, -0.2) is 41.2 Å². The smallest absolute Gasteiger partial charge is 0.274 e. The van der Waals surface area contributed by atoms with Gasteiger partial charge in [0, 0.05) is 13.6 Å². The van der Waals surface area contributed by atoms with Crippen molar-refractivity contribution in [3.63, 3.8) is 0 Å². The zero-order valence-corrected chi connectivity index (χ0v) is 7.03. The Morgan fingerprint density at radius 1 is 1.25 bits per heavy atom. The van der Waals surface area contributed by atoms with Gasteiger partial charge in [0.2, 0.25) is 11.8 Å². The molecule has 5 nitrogen and oxygen atoms in total. The Labute approximate surface area is 69.9 Å². The molecular weight excluding hydrogens is 160 g/mol. The summed E-state index contributed by atoms with van der Waals surface area (Å²) >= 11 is 0. The van der Waals surface area contributed by atoms with Crippen LogP contribution in [0.15, 0.2) is 0 Å². The van der Waals surface area contributed by atoms with Crippen LogP contribution in [0.2, 0.25) is 0 Å². The van der Waals surface area contributed by atoms with Crippen LogP contribution >= 0.6 is 0 Å². The fourth-order valence-corrected chi connectivity index (χ4v) is 1.05. The summed E-state index contributed by atoms with van der Waals surface area (Å²) in [5.74, 6) is -0.847. The minimum atomic E-state index is -0.529. The molecule has 0 aromatic heterocycles. The SMILES string of the molecule is CCN1C(=O)CC(=O)N(C)C1=O. The van der Waals surface area contributed by atoms with Gasteiger partial charge in [0.15, 0.2) is 0 Å². The van der Waals surface area contributed by atoms with Gasteiger partial charge in [0.25, 0.3) is 0 Å². The average molecular weight is 170 g/mol. The van der Waals surface area contributed by atoms with Crippen molar-refractivity contribution in [1.82, 2.24) is 9.80 Å². The molecule has 4 amide bonds. The van der Waals surface area contributed by atoms with E-state index in [2.05, 4.69) is 0 Å². The summed E-state index contributed by atoms with van der Waals surface area (Å²) in [6.45, 7) is 2.01. The fraction of sp³-hybridized carbons (Fsp3) is 0.571. The normalized spacial score (nSPS) is 19.0. The third kappa shape index (κ3) is 1.17. The molecule has 66 valence electrons. The van der Waals surface area contributed by atoms with Gasteiger partial charge in [0.1, 0.15) is 6.42 Å². The molecule has 1 saturated heterocycles. The third-order valence-corrected chi connectivity index (χ3v) is 1.81. The van der Waals surface area contributed by atoms with Crippen molar-refractivity contribution in [3.05, 3.63) is 0 Å². The Hall–Kier alpha value is -1.39. The van der Waals surface area contributed by atoms with E-state index in [0.717, 1.165) is 9.80 Å². The maximum absolute atomic E-state index is 11.2. The van der Waals surface area contributed by atoms with Crippen LogP contribution < -0.4 is 0 Å². The Morgan fingerprint density at radius 2 is 1.83 bits per heavy atom. The summed E-state index contributed by atoms with van der Waals surface area (Å²) in [6.07, 6.45) is -0.198. The summed E-state index contributed by atoms with van der Waals surface area (Å²) in [4.78, 5) is 35.2. The molecule has 0 bridgehead atoms. The quantitative estimate of drug-likeness (QED) is 0.513. The molecule has 0 radical (unpaired) electrons. The van der Waals surface area contributed by atoms with Gasteiger partial charge < -0.3 is 0 Å². The van der Waals surface area contributed by atoms with Gasteiger partial charge >= 0.3 is 6.03 Å². The summed E-state index contributed by atoms with van der Waals surface area (Å²) in [6, 6.07) is -0.529. The van der Waals surface area contributed by atoms with E-state index in [-0.39, 0.29) is 6.42 Å². The largest absolute Gasteiger partial charge is 0.333 e. The summed E-state index contributed by atoms with van der Waals surface area (Å²) in [5, 5.41) is 0. The van der Waals surface area contributed by atoms with E-state index in [9.17, 15) is 14.4 Å². The number of nitrogens with zero attached hydrogens (tertiary/aromatic N) is 2. The van der Waals surface area contributed by atoms with Gasteiger partial charge in [-0.2, -0.15) is 0 Å². The van der Waals surface area contributed by atoms with Crippen LogP contribution in [0.5, 0.6) is 0 Å². The Bertz CT molecular complexity index is 249. The van der Waals surface area contributed by atoms with Crippen molar-refractivity contribution in [2.45, 2.75) is 13.3 Å². The minimum absolute atomic E-state index is 0.198. The highest BCUT2D eigenvalue weighted by molar-refractivity contribution is 6.13. The van der Waals surface area contributed by atoms with E-state index in [1.165, 1.54) is 7.05 Å². The molecule has 1 fully saturated rings. The summed E-state index contributed by atoms with van der Waals surface area (Å²) < 4.78 is 0. The van der Waals surface area contributed by atoms with Gasteiger partial charge in [-0.3, -0.25) is 19.4 Å². The predicted molar refractivity (Wildman–Crippen MR) is 40.2 cm³/mol. The van der Waals surface area contributed by atoms with Gasteiger partial charge in [-0.15, -0.1) is 0 Å². The molecule has 0 aliphatic carbocycles. The third-order valence-electron chi connectivity index (χ3n) is 1.81. The lowest BCUT2D eigenvalue weighted by atomic mass is 10.3. The van der Waals surface area contributed by atoms with Crippen LogP contribution in [0.25, 0.3) is 0 Å². The Morgan fingerprint density at radius 3 is 2.33 bits per heavy atom. The highest BCUT2D eigenvalue weighted by Gasteiger charge is 2.34. The molecule has 0 spiro atoms. The molecular formula is C7H10N2O3. The van der Waals surface area contributed by atoms with Gasteiger partial charge in [-0.25, -0.2) is 4.79 Å². The van der Waals surface area contributed by atoms with Crippen LogP contribution in [0.1, 0.15) is 13.3 Å². The first-order chi connectivity index (χ1) is 5.57. The minimum Gasteiger partial charge on any atom is -0.274 e. The van der Waals surface area contributed by atoms with Crippen molar-refractivity contribution in [2.75, 3.05) is 13.6 Å². The van der Waals surface area contributed by atoms with Crippen LogP contribution in [0.3, 0.4) is 0 Å². The number of hydrogen-bond donors (Lipinski definition) is 0. The second kappa shape index (κ2) is 2.92. The first-order valence-corrected chi connectivity index (χ1v) is 3.68. The molecule has 0 aromatic rings. The molecule has 1 rings (SSSR count). The summed E-state index contributed by atoms with van der Waals surface area (Å²) in [7, 11) is 1.37. The van der Waals surface area contributed by atoms with E-state index in [1.807, 2.05) is 0 Å². The number of rotatable bonds is 1. The standard InChI is InChI=1S/C7H10N2O3/c1-3-9-6(11)4-5(10)8(2)7(9)12/h3-4H2,1-2H3. The maximum Gasteiger partial charge on any atom is 0.333 e. The zero-order chi connectivity index (χ0) is 9.30. The Kier molecular flexibility index (Phi) is 2.12. The number of amides is 4. The van der Waals surface area contributed by atoms with Crippen LogP contribution in [0, 0.1) is 0 Å². The number of carbonyl (C=O) groups excluding carboxylic acids is 3. The van der Waals surface area contributed by atoms with Crippen molar-refractivity contribution >= 4 is 17.8 Å². The number of imide groups is 2. The molecule has 0 atom stereocenters. The molecule has 5 heteroatoms. The van der Waals surface area contributed by atoms with Gasteiger partial charge in [-0.1, -0.05) is 0 Å². The molecule has 0 aromatic carbocycles. The highest BCUT2D eigenvalue weighted by Crippen LogP contribution is 2.08. The van der Waals surface area contributed by atoms with Gasteiger partial charge in [-0.05, 0) is 6.92 Å². The molecule has 0 N–H and O–H groups in total. The fourth-order valence-electron chi connectivity index (χ4n) is 1.05. The van der Waals surface area contributed by atoms with Crippen LogP contribution in [-0.2, 0) is 9.59 Å². The molecule has 12 heavy (non-hydrogen) atoms.